The van der Waals surface area contributed by atoms with Crippen LogP contribution in [0.5, 0.6) is 5.75 Å². The molecule has 3 rings (SSSR count). The van der Waals surface area contributed by atoms with Crippen molar-refractivity contribution in [1.29, 1.82) is 0 Å². The highest BCUT2D eigenvalue weighted by molar-refractivity contribution is 7.14. The lowest BCUT2D eigenvalue weighted by Crippen LogP contribution is -2.23. The topological polar surface area (TPSA) is 68.7 Å². The Morgan fingerprint density at radius 1 is 1.10 bits per heavy atom. The Balaban J connectivity index is 1.73. The molecule has 1 amide bonds. The Kier molecular flexibility index (Phi) is 6.29. The van der Waals surface area contributed by atoms with Gasteiger partial charge < -0.3 is 9.47 Å². The molecule has 0 fully saturated rings. The van der Waals surface area contributed by atoms with Gasteiger partial charge in [-0.2, -0.15) is 0 Å². The van der Waals surface area contributed by atoms with E-state index in [1.165, 1.54) is 18.3 Å². The number of thiazole rings is 1. The first-order valence-electron chi connectivity index (χ1n) is 9.02. The first-order chi connectivity index (χ1) is 13.9. The predicted molar refractivity (Wildman–Crippen MR) is 113 cm³/mol. The van der Waals surface area contributed by atoms with E-state index in [0.29, 0.717) is 22.1 Å². The predicted octanol–water partition coefficient (Wildman–Crippen LogP) is 4.81. The number of carbonyl (C=O) groups excluding carboxylic acids is 2. The van der Waals surface area contributed by atoms with Crippen molar-refractivity contribution in [1.82, 2.24) is 4.98 Å². The van der Waals surface area contributed by atoms with E-state index in [9.17, 15) is 9.59 Å². The molecular weight excluding hydrogens is 388 g/mol. The summed E-state index contributed by atoms with van der Waals surface area (Å²) in [6.07, 6.45) is 0. The summed E-state index contributed by atoms with van der Waals surface area (Å²) in [6.45, 7) is 5.50. The Labute approximate surface area is 173 Å². The van der Waals surface area contributed by atoms with E-state index in [4.69, 9.17) is 9.47 Å². The summed E-state index contributed by atoms with van der Waals surface area (Å²) in [5, 5.41) is 2.33. The Morgan fingerprint density at radius 3 is 2.45 bits per heavy atom. The van der Waals surface area contributed by atoms with Gasteiger partial charge in [-0.05, 0) is 49.7 Å². The SMILES string of the molecule is COc1ccc(C(=O)OCc2csc(N(C(C)=O)c3ccc(C)cc3C)n2)cc1. The molecule has 0 aliphatic carbocycles. The van der Waals surface area contributed by atoms with Crippen molar-refractivity contribution in [3.05, 3.63) is 70.2 Å². The molecule has 0 saturated carbocycles. The maximum Gasteiger partial charge on any atom is 0.338 e. The van der Waals surface area contributed by atoms with Gasteiger partial charge in [0.1, 0.15) is 12.4 Å². The minimum Gasteiger partial charge on any atom is -0.497 e. The average Bonchev–Trinajstić information content (AvgIpc) is 3.16. The quantitative estimate of drug-likeness (QED) is 0.546. The number of aryl methyl sites for hydroxylation is 2. The van der Waals surface area contributed by atoms with E-state index in [1.807, 2.05) is 32.0 Å². The molecule has 0 bridgehead atoms. The number of anilines is 2. The highest BCUT2D eigenvalue weighted by atomic mass is 32.1. The molecule has 150 valence electrons. The second kappa shape index (κ2) is 8.87. The molecule has 0 atom stereocenters. The summed E-state index contributed by atoms with van der Waals surface area (Å²) in [4.78, 5) is 30.6. The number of nitrogens with zero attached hydrogens (tertiary/aromatic N) is 2. The average molecular weight is 410 g/mol. The number of benzene rings is 2. The molecule has 0 unspecified atom stereocenters. The van der Waals surface area contributed by atoms with Crippen LogP contribution in [0.15, 0.2) is 47.8 Å². The summed E-state index contributed by atoms with van der Waals surface area (Å²) in [7, 11) is 1.57. The number of ether oxygens (including phenoxy) is 2. The molecule has 0 radical (unpaired) electrons. The van der Waals surface area contributed by atoms with Gasteiger partial charge in [-0.25, -0.2) is 9.78 Å². The lowest BCUT2D eigenvalue weighted by atomic mass is 10.1. The third-order valence-corrected chi connectivity index (χ3v) is 5.19. The van der Waals surface area contributed by atoms with E-state index < -0.39 is 5.97 Å². The van der Waals surface area contributed by atoms with Crippen LogP contribution in [0.4, 0.5) is 10.8 Å². The van der Waals surface area contributed by atoms with Crippen molar-refractivity contribution in [2.45, 2.75) is 27.4 Å². The lowest BCUT2D eigenvalue weighted by molar-refractivity contribution is -0.115. The molecule has 1 heterocycles. The zero-order chi connectivity index (χ0) is 21.0. The van der Waals surface area contributed by atoms with Crippen molar-refractivity contribution in [3.8, 4) is 5.75 Å². The third-order valence-electron chi connectivity index (χ3n) is 4.32. The van der Waals surface area contributed by atoms with Crippen LogP contribution in [0.1, 0.15) is 34.1 Å². The molecule has 0 saturated heterocycles. The summed E-state index contributed by atoms with van der Waals surface area (Å²) < 4.78 is 10.4. The van der Waals surface area contributed by atoms with Gasteiger partial charge in [0.2, 0.25) is 5.91 Å². The van der Waals surface area contributed by atoms with Gasteiger partial charge in [-0.3, -0.25) is 9.69 Å². The van der Waals surface area contributed by atoms with E-state index in [1.54, 1.807) is 41.7 Å². The standard InChI is InChI=1S/C22H22N2O4S/c1-14-5-10-20(15(2)11-14)24(16(3)25)22-23-18(13-29-22)12-28-21(26)17-6-8-19(27-4)9-7-17/h5-11,13H,12H2,1-4H3. The molecular formula is C22H22N2O4S. The Hall–Kier alpha value is -3.19. The van der Waals surface area contributed by atoms with Gasteiger partial charge in [-0.1, -0.05) is 17.7 Å². The summed E-state index contributed by atoms with van der Waals surface area (Å²) in [6, 6.07) is 12.6. The highest BCUT2D eigenvalue weighted by Gasteiger charge is 2.20. The maximum absolute atomic E-state index is 12.3. The van der Waals surface area contributed by atoms with Crippen molar-refractivity contribution >= 4 is 34.0 Å². The monoisotopic (exact) mass is 410 g/mol. The molecule has 0 aliphatic heterocycles. The molecule has 29 heavy (non-hydrogen) atoms. The van der Waals surface area contributed by atoms with Crippen molar-refractivity contribution in [2.75, 3.05) is 12.0 Å². The highest BCUT2D eigenvalue weighted by Crippen LogP contribution is 2.32. The number of rotatable bonds is 6. The molecule has 0 spiro atoms. The van der Waals surface area contributed by atoms with Crippen molar-refractivity contribution in [2.24, 2.45) is 0 Å². The number of hydrogen-bond donors (Lipinski definition) is 0. The number of carbonyl (C=O) groups is 2. The number of methoxy groups -OCH3 is 1. The van der Waals surface area contributed by atoms with Gasteiger partial charge >= 0.3 is 5.97 Å². The number of amides is 1. The molecule has 3 aromatic rings. The summed E-state index contributed by atoms with van der Waals surface area (Å²) in [5.74, 6) is 0.0921. The second-order valence-electron chi connectivity index (χ2n) is 6.57. The Bertz CT molecular complexity index is 1030. The Morgan fingerprint density at radius 2 is 1.83 bits per heavy atom. The first kappa shape index (κ1) is 20.5. The normalized spacial score (nSPS) is 10.5. The lowest BCUT2D eigenvalue weighted by Gasteiger charge is -2.20. The molecule has 0 aliphatic rings. The zero-order valence-electron chi connectivity index (χ0n) is 16.8. The largest absolute Gasteiger partial charge is 0.497 e. The van der Waals surface area contributed by atoms with E-state index in [2.05, 4.69) is 4.98 Å². The molecule has 6 nitrogen and oxygen atoms in total. The third kappa shape index (κ3) is 4.81. The van der Waals surface area contributed by atoms with Crippen LogP contribution in [0.2, 0.25) is 0 Å². The zero-order valence-corrected chi connectivity index (χ0v) is 17.6. The number of hydrogen-bond acceptors (Lipinski definition) is 6. The van der Waals surface area contributed by atoms with Gasteiger partial charge in [0.15, 0.2) is 5.13 Å². The number of esters is 1. The van der Waals surface area contributed by atoms with Crippen molar-refractivity contribution < 1.29 is 19.1 Å². The van der Waals surface area contributed by atoms with Crippen LogP contribution >= 0.6 is 11.3 Å². The summed E-state index contributed by atoms with van der Waals surface area (Å²) in [5.41, 5.74) is 3.92. The van der Waals surface area contributed by atoms with Crippen LogP contribution in [-0.4, -0.2) is 24.0 Å². The fourth-order valence-electron chi connectivity index (χ4n) is 2.88. The molecule has 0 N–H and O–H groups in total. The molecule has 1 aromatic heterocycles. The minimum absolute atomic E-state index is 0.0278. The minimum atomic E-state index is -0.444. The van der Waals surface area contributed by atoms with Gasteiger partial charge in [0, 0.05) is 12.3 Å². The van der Waals surface area contributed by atoms with Gasteiger partial charge in [-0.15, -0.1) is 11.3 Å². The van der Waals surface area contributed by atoms with E-state index >= 15 is 0 Å². The number of aromatic nitrogens is 1. The molecule has 7 heteroatoms. The van der Waals surface area contributed by atoms with Crippen LogP contribution in [-0.2, 0) is 16.1 Å². The van der Waals surface area contributed by atoms with Gasteiger partial charge in [0.05, 0.1) is 24.1 Å². The fourth-order valence-corrected chi connectivity index (χ4v) is 3.74. The van der Waals surface area contributed by atoms with Gasteiger partial charge in [0.25, 0.3) is 0 Å². The van der Waals surface area contributed by atoms with Crippen LogP contribution < -0.4 is 9.64 Å². The second-order valence-corrected chi connectivity index (χ2v) is 7.41. The summed E-state index contributed by atoms with van der Waals surface area (Å²) >= 11 is 1.33. The fraction of sp³-hybridized carbons (Fsp3) is 0.227. The molecule has 2 aromatic carbocycles. The van der Waals surface area contributed by atoms with Crippen LogP contribution in [0.3, 0.4) is 0 Å². The smallest absolute Gasteiger partial charge is 0.338 e. The van der Waals surface area contributed by atoms with Crippen LogP contribution in [0.25, 0.3) is 0 Å². The van der Waals surface area contributed by atoms with E-state index in [0.717, 1.165) is 16.8 Å². The van der Waals surface area contributed by atoms with Crippen LogP contribution in [0, 0.1) is 13.8 Å². The first-order valence-corrected chi connectivity index (χ1v) is 9.90. The maximum atomic E-state index is 12.3. The van der Waals surface area contributed by atoms with Crippen molar-refractivity contribution in [3.63, 3.8) is 0 Å². The van der Waals surface area contributed by atoms with E-state index in [-0.39, 0.29) is 12.5 Å².